The second-order valence-electron chi connectivity index (χ2n) is 5.39. The van der Waals surface area contributed by atoms with E-state index in [1.165, 1.54) is 37.3 Å². The van der Waals surface area contributed by atoms with Gasteiger partial charge in [0.1, 0.15) is 4.88 Å². The van der Waals surface area contributed by atoms with Crippen molar-refractivity contribution in [2.75, 3.05) is 19.6 Å². The summed E-state index contributed by atoms with van der Waals surface area (Å²) < 4.78 is 3.85. The van der Waals surface area contributed by atoms with Crippen LogP contribution in [-0.2, 0) is 6.42 Å². The summed E-state index contributed by atoms with van der Waals surface area (Å²) in [6.45, 7) is 7.29. The highest BCUT2D eigenvalue weighted by Gasteiger charge is 2.18. The Kier molecular flexibility index (Phi) is 5.91. The smallest absolute Gasteiger partial charge is 0.264 e. The first-order valence-electron chi connectivity index (χ1n) is 7.55. The standard InChI is InChI=1S/C14H24N4OS/c1-3-12-13(20-17-16-12)14(19)15-8-6-10-18-9-5-4-7-11(18)2/h11H,3-10H2,1-2H3,(H,15,19). The Bertz CT molecular complexity index is 435. The molecule has 6 heteroatoms. The van der Waals surface area contributed by atoms with E-state index in [1.807, 2.05) is 6.92 Å². The van der Waals surface area contributed by atoms with E-state index in [1.54, 1.807) is 0 Å². The van der Waals surface area contributed by atoms with Crippen LogP contribution in [0.15, 0.2) is 0 Å². The van der Waals surface area contributed by atoms with Crippen LogP contribution in [0.5, 0.6) is 0 Å². The van der Waals surface area contributed by atoms with E-state index in [0.29, 0.717) is 10.9 Å². The number of rotatable bonds is 6. The van der Waals surface area contributed by atoms with E-state index in [4.69, 9.17) is 0 Å². The van der Waals surface area contributed by atoms with Crippen molar-refractivity contribution in [3.63, 3.8) is 0 Å². The van der Waals surface area contributed by atoms with Gasteiger partial charge in [-0.3, -0.25) is 4.79 Å². The third-order valence-corrected chi connectivity index (χ3v) is 4.71. The van der Waals surface area contributed by atoms with Crippen molar-refractivity contribution in [2.24, 2.45) is 0 Å². The molecule has 5 nitrogen and oxygen atoms in total. The molecule has 1 amide bonds. The Morgan fingerprint density at radius 1 is 1.50 bits per heavy atom. The first-order valence-corrected chi connectivity index (χ1v) is 8.33. The maximum atomic E-state index is 12.0. The van der Waals surface area contributed by atoms with Gasteiger partial charge in [-0.25, -0.2) is 0 Å². The van der Waals surface area contributed by atoms with Gasteiger partial charge in [-0.15, -0.1) is 5.10 Å². The zero-order valence-corrected chi connectivity index (χ0v) is 13.2. The first kappa shape index (κ1) is 15.4. The Balaban J connectivity index is 1.69. The number of aromatic nitrogens is 2. The van der Waals surface area contributed by atoms with Gasteiger partial charge in [-0.1, -0.05) is 17.8 Å². The molecule has 1 atom stereocenters. The molecule has 0 radical (unpaired) electrons. The van der Waals surface area contributed by atoms with Gasteiger partial charge in [0.25, 0.3) is 5.91 Å². The molecule has 1 aliphatic rings. The quantitative estimate of drug-likeness (QED) is 0.817. The second kappa shape index (κ2) is 7.69. The zero-order valence-electron chi connectivity index (χ0n) is 12.4. The largest absolute Gasteiger partial charge is 0.351 e. The molecule has 0 saturated carbocycles. The topological polar surface area (TPSA) is 58.1 Å². The summed E-state index contributed by atoms with van der Waals surface area (Å²) in [6, 6.07) is 0.692. The molecule has 1 aromatic rings. The summed E-state index contributed by atoms with van der Waals surface area (Å²) in [5.74, 6) is -0.0245. The lowest BCUT2D eigenvalue weighted by Gasteiger charge is -2.33. The average Bonchev–Trinajstić information content (AvgIpc) is 2.93. The molecule has 112 valence electrons. The van der Waals surface area contributed by atoms with Crippen LogP contribution in [0.2, 0.25) is 0 Å². The Labute approximate surface area is 124 Å². The molecule has 2 rings (SSSR count). The third kappa shape index (κ3) is 3.99. The number of nitrogens with zero attached hydrogens (tertiary/aromatic N) is 3. The van der Waals surface area contributed by atoms with Crippen LogP contribution in [0.1, 0.15) is 54.9 Å². The molecule has 0 aromatic carbocycles. The van der Waals surface area contributed by atoms with Gasteiger partial charge in [0, 0.05) is 19.1 Å². The maximum absolute atomic E-state index is 12.0. The molecule has 1 fully saturated rings. The van der Waals surface area contributed by atoms with Crippen LogP contribution in [0.25, 0.3) is 0 Å². The normalized spacial score (nSPS) is 20.0. The number of amides is 1. The molecular formula is C14H24N4OS. The van der Waals surface area contributed by atoms with E-state index in [9.17, 15) is 4.79 Å². The summed E-state index contributed by atoms with van der Waals surface area (Å²) >= 11 is 1.19. The van der Waals surface area contributed by atoms with Crippen LogP contribution in [0.4, 0.5) is 0 Å². The van der Waals surface area contributed by atoms with E-state index < -0.39 is 0 Å². The molecule has 1 aliphatic heterocycles. The van der Waals surface area contributed by atoms with E-state index in [-0.39, 0.29) is 5.91 Å². The van der Waals surface area contributed by atoms with Crippen molar-refractivity contribution in [1.82, 2.24) is 19.8 Å². The van der Waals surface area contributed by atoms with Crippen LogP contribution in [0.3, 0.4) is 0 Å². The Morgan fingerprint density at radius 3 is 3.10 bits per heavy atom. The van der Waals surface area contributed by atoms with Crippen molar-refractivity contribution in [3.8, 4) is 0 Å². The fraction of sp³-hybridized carbons (Fsp3) is 0.786. The number of nitrogens with one attached hydrogen (secondary N) is 1. The molecule has 20 heavy (non-hydrogen) atoms. The highest BCUT2D eigenvalue weighted by atomic mass is 32.1. The van der Waals surface area contributed by atoms with Crippen LogP contribution in [0, 0.1) is 0 Å². The highest BCUT2D eigenvalue weighted by Crippen LogP contribution is 2.16. The van der Waals surface area contributed by atoms with Gasteiger partial charge in [0.2, 0.25) is 0 Å². The second-order valence-corrected chi connectivity index (χ2v) is 6.15. The van der Waals surface area contributed by atoms with Crippen molar-refractivity contribution < 1.29 is 4.79 Å². The Morgan fingerprint density at radius 2 is 2.35 bits per heavy atom. The number of hydrogen-bond donors (Lipinski definition) is 1. The van der Waals surface area contributed by atoms with E-state index in [0.717, 1.165) is 31.6 Å². The minimum atomic E-state index is -0.0245. The minimum absolute atomic E-state index is 0.0245. The molecule has 2 heterocycles. The lowest BCUT2D eigenvalue weighted by atomic mass is 10.0. The van der Waals surface area contributed by atoms with Crippen LogP contribution in [-0.4, -0.2) is 46.1 Å². The number of piperidine rings is 1. The van der Waals surface area contributed by atoms with E-state index >= 15 is 0 Å². The monoisotopic (exact) mass is 296 g/mol. The van der Waals surface area contributed by atoms with Gasteiger partial charge in [0.05, 0.1) is 5.69 Å². The lowest BCUT2D eigenvalue weighted by molar-refractivity contribution is 0.0952. The summed E-state index contributed by atoms with van der Waals surface area (Å²) in [7, 11) is 0. The summed E-state index contributed by atoms with van der Waals surface area (Å²) in [6.07, 6.45) is 5.72. The number of carbonyl (C=O) groups excluding carboxylic acids is 1. The number of carbonyl (C=O) groups is 1. The molecule has 0 aliphatic carbocycles. The predicted molar refractivity (Wildman–Crippen MR) is 81.1 cm³/mol. The van der Waals surface area contributed by atoms with Crippen molar-refractivity contribution in [3.05, 3.63) is 10.6 Å². The van der Waals surface area contributed by atoms with Gasteiger partial charge >= 0.3 is 0 Å². The SMILES string of the molecule is CCc1nnsc1C(=O)NCCCN1CCCCC1C. The Hall–Kier alpha value is -1.01. The number of likely N-dealkylation sites (tertiary alicyclic amines) is 1. The summed E-state index contributed by atoms with van der Waals surface area (Å²) in [5.41, 5.74) is 0.803. The number of hydrogen-bond acceptors (Lipinski definition) is 5. The zero-order chi connectivity index (χ0) is 14.4. The molecule has 1 N–H and O–H groups in total. The van der Waals surface area contributed by atoms with Crippen molar-refractivity contribution in [1.29, 1.82) is 0 Å². The van der Waals surface area contributed by atoms with Crippen LogP contribution < -0.4 is 5.32 Å². The molecule has 0 spiro atoms. The van der Waals surface area contributed by atoms with Gasteiger partial charge < -0.3 is 10.2 Å². The van der Waals surface area contributed by atoms with Crippen molar-refractivity contribution >= 4 is 17.4 Å². The molecule has 1 saturated heterocycles. The highest BCUT2D eigenvalue weighted by molar-refractivity contribution is 7.08. The van der Waals surface area contributed by atoms with Gasteiger partial charge in [-0.2, -0.15) is 0 Å². The molecular weight excluding hydrogens is 272 g/mol. The molecule has 1 unspecified atom stereocenters. The number of aryl methyl sites for hydroxylation is 1. The summed E-state index contributed by atoms with van der Waals surface area (Å²) in [4.78, 5) is 15.2. The third-order valence-electron chi connectivity index (χ3n) is 3.95. The fourth-order valence-corrected chi connectivity index (χ4v) is 3.33. The summed E-state index contributed by atoms with van der Waals surface area (Å²) in [5, 5.41) is 6.95. The van der Waals surface area contributed by atoms with Crippen molar-refractivity contribution in [2.45, 2.75) is 52.0 Å². The molecule has 0 bridgehead atoms. The average molecular weight is 296 g/mol. The van der Waals surface area contributed by atoms with Gasteiger partial charge in [-0.05, 0) is 50.7 Å². The van der Waals surface area contributed by atoms with Gasteiger partial charge in [0.15, 0.2) is 0 Å². The predicted octanol–water partition coefficient (Wildman–Crippen LogP) is 2.09. The fourth-order valence-electron chi connectivity index (χ4n) is 2.67. The lowest BCUT2D eigenvalue weighted by Crippen LogP contribution is -2.39. The molecule has 1 aromatic heterocycles. The van der Waals surface area contributed by atoms with E-state index in [2.05, 4.69) is 26.7 Å². The first-order chi connectivity index (χ1) is 9.72. The maximum Gasteiger partial charge on any atom is 0.264 e. The van der Waals surface area contributed by atoms with Crippen LogP contribution >= 0.6 is 11.5 Å². The minimum Gasteiger partial charge on any atom is -0.351 e.